The number of amides is 5. The molecule has 4 heterocycles. The van der Waals surface area contributed by atoms with Gasteiger partial charge in [-0.15, -0.1) is 0 Å². The summed E-state index contributed by atoms with van der Waals surface area (Å²) in [6.07, 6.45) is 8.16. The van der Waals surface area contributed by atoms with Crippen LogP contribution in [0.15, 0.2) is 54.9 Å². The number of rotatable bonds is 9. The van der Waals surface area contributed by atoms with Gasteiger partial charge >= 0.3 is 0 Å². The van der Waals surface area contributed by atoms with Crippen LogP contribution in [0.4, 0.5) is 5.69 Å². The molecular formula is C35H36N8O5. The molecule has 48 heavy (non-hydrogen) atoms. The van der Waals surface area contributed by atoms with Crippen molar-refractivity contribution in [3.63, 3.8) is 0 Å². The van der Waals surface area contributed by atoms with Crippen molar-refractivity contribution in [3.05, 3.63) is 71.7 Å². The number of nitrogens with zero attached hydrogens (tertiary/aromatic N) is 4. The Morgan fingerprint density at radius 2 is 1.73 bits per heavy atom. The summed E-state index contributed by atoms with van der Waals surface area (Å²) in [6, 6.07) is 11.8. The fourth-order valence-corrected chi connectivity index (χ4v) is 6.97. The van der Waals surface area contributed by atoms with Gasteiger partial charge < -0.3 is 20.9 Å². The highest BCUT2D eigenvalue weighted by molar-refractivity contribution is 6.23. The van der Waals surface area contributed by atoms with E-state index < -0.39 is 29.7 Å². The Hall–Kier alpha value is -5.46. The monoisotopic (exact) mass is 648 g/mol. The van der Waals surface area contributed by atoms with Crippen LogP contribution in [-0.4, -0.2) is 87.2 Å². The van der Waals surface area contributed by atoms with Crippen molar-refractivity contribution in [2.45, 2.75) is 50.6 Å². The van der Waals surface area contributed by atoms with Gasteiger partial charge in [0.05, 0.1) is 34.1 Å². The van der Waals surface area contributed by atoms with E-state index in [-0.39, 0.29) is 41.8 Å². The summed E-state index contributed by atoms with van der Waals surface area (Å²) in [4.78, 5) is 75.1. The molecule has 1 saturated carbocycles. The van der Waals surface area contributed by atoms with Gasteiger partial charge in [0.15, 0.2) is 0 Å². The van der Waals surface area contributed by atoms with E-state index in [1.54, 1.807) is 24.4 Å². The van der Waals surface area contributed by atoms with E-state index in [4.69, 9.17) is 5.41 Å². The number of para-hydroxylation sites is 2. The van der Waals surface area contributed by atoms with Crippen molar-refractivity contribution in [3.8, 4) is 0 Å². The van der Waals surface area contributed by atoms with Crippen LogP contribution >= 0.6 is 0 Å². The molecule has 5 amide bonds. The average molecular weight is 649 g/mol. The van der Waals surface area contributed by atoms with Gasteiger partial charge in [0, 0.05) is 61.7 Å². The molecule has 13 heteroatoms. The molecule has 3 aromatic rings. The SMILES string of the molecule is N=C/C(=C\NC1CCN(C(=O)C2CC(CNc3ccc4c(c3)C(=O)N(C3CCC(=O)NC3=O)C4=O)C2)CC1)c1cnc2ccccc2n1. The Bertz CT molecular complexity index is 1860. The predicted molar refractivity (Wildman–Crippen MR) is 177 cm³/mol. The number of nitrogens with one attached hydrogen (secondary N) is 4. The maximum absolute atomic E-state index is 13.2. The quantitative estimate of drug-likeness (QED) is 0.201. The molecule has 3 fully saturated rings. The molecular weight excluding hydrogens is 612 g/mol. The van der Waals surface area contributed by atoms with E-state index in [0.717, 1.165) is 41.6 Å². The number of imide groups is 2. The number of carbonyl (C=O) groups excluding carboxylic acids is 5. The molecule has 0 radical (unpaired) electrons. The van der Waals surface area contributed by atoms with Crippen molar-refractivity contribution < 1.29 is 24.0 Å². The maximum atomic E-state index is 13.2. The number of hydrogen-bond donors (Lipinski definition) is 4. The minimum Gasteiger partial charge on any atom is -0.387 e. The molecule has 0 bridgehead atoms. The molecule has 2 aromatic carbocycles. The third-order valence-electron chi connectivity index (χ3n) is 9.80. The topological polar surface area (TPSA) is 178 Å². The maximum Gasteiger partial charge on any atom is 0.262 e. The third kappa shape index (κ3) is 6.03. The highest BCUT2D eigenvalue weighted by atomic mass is 16.2. The van der Waals surface area contributed by atoms with Gasteiger partial charge in [-0.1, -0.05) is 12.1 Å². The zero-order valence-corrected chi connectivity index (χ0v) is 26.3. The summed E-state index contributed by atoms with van der Waals surface area (Å²) >= 11 is 0. The number of piperidine rings is 2. The zero-order chi connectivity index (χ0) is 33.4. The van der Waals surface area contributed by atoms with Gasteiger partial charge in [0.2, 0.25) is 17.7 Å². The van der Waals surface area contributed by atoms with E-state index >= 15 is 0 Å². The third-order valence-corrected chi connectivity index (χ3v) is 9.80. The van der Waals surface area contributed by atoms with Crippen LogP contribution in [0.2, 0.25) is 0 Å². The number of fused-ring (bicyclic) bond motifs is 2. The molecule has 0 spiro atoms. The molecule has 246 valence electrons. The van der Waals surface area contributed by atoms with Gasteiger partial charge in [0.25, 0.3) is 11.8 Å². The smallest absolute Gasteiger partial charge is 0.262 e. The summed E-state index contributed by atoms with van der Waals surface area (Å²) in [6.45, 7) is 1.99. The number of anilines is 1. The van der Waals surface area contributed by atoms with E-state index in [9.17, 15) is 24.0 Å². The lowest BCUT2D eigenvalue weighted by molar-refractivity contribution is -0.141. The fraction of sp³-hybridized carbons (Fsp3) is 0.371. The summed E-state index contributed by atoms with van der Waals surface area (Å²) in [7, 11) is 0. The Morgan fingerprint density at radius 3 is 2.48 bits per heavy atom. The minimum absolute atomic E-state index is 0.00139. The highest BCUT2D eigenvalue weighted by Gasteiger charge is 2.45. The summed E-state index contributed by atoms with van der Waals surface area (Å²) in [5.74, 6) is -1.60. The molecule has 1 aliphatic carbocycles. The normalized spacial score (nSPS) is 23.1. The predicted octanol–water partition coefficient (Wildman–Crippen LogP) is 2.74. The molecule has 4 aliphatic rings. The second-order valence-corrected chi connectivity index (χ2v) is 12.9. The van der Waals surface area contributed by atoms with E-state index in [1.807, 2.05) is 35.4 Å². The van der Waals surface area contributed by atoms with Gasteiger partial charge in [0.1, 0.15) is 6.04 Å². The first kappa shape index (κ1) is 31.2. The second kappa shape index (κ2) is 13.0. The van der Waals surface area contributed by atoms with E-state index in [1.165, 1.54) is 6.21 Å². The molecule has 4 N–H and O–H groups in total. The number of benzene rings is 2. The molecule has 1 atom stereocenters. The Morgan fingerprint density at radius 1 is 0.979 bits per heavy atom. The summed E-state index contributed by atoms with van der Waals surface area (Å²) in [5, 5.41) is 16.8. The van der Waals surface area contributed by atoms with Crippen LogP contribution in [0.3, 0.4) is 0 Å². The highest BCUT2D eigenvalue weighted by Crippen LogP contribution is 2.36. The molecule has 2 saturated heterocycles. The van der Waals surface area contributed by atoms with Crippen molar-refractivity contribution >= 4 is 58.0 Å². The van der Waals surface area contributed by atoms with Gasteiger partial charge in [-0.25, -0.2) is 4.98 Å². The van der Waals surface area contributed by atoms with Crippen LogP contribution in [0.5, 0.6) is 0 Å². The van der Waals surface area contributed by atoms with E-state index in [2.05, 4.69) is 25.9 Å². The molecule has 1 aromatic heterocycles. The zero-order valence-electron chi connectivity index (χ0n) is 26.3. The largest absolute Gasteiger partial charge is 0.387 e. The molecule has 1 unspecified atom stereocenters. The van der Waals surface area contributed by atoms with Crippen molar-refractivity contribution in [2.24, 2.45) is 11.8 Å². The lowest BCUT2D eigenvalue weighted by Crippen LogP contribution is -2.54. The van der Waals surface area contributed by atoms with E-state index in [0.29, 0.717) is 42.5 Å². The first-order chi connectivity index (χ1) is 23.3. The number of aromatic nitrogens is 2. The number of hydrogen-bond acceptors (Lipinski definition) is 10. The van der Waals surface area contributed by atoms with Crippen molar-refractivity contribution in [1.29, 1.82) is 5.41 Å². The Balaban J connectivity index is 0.859. The van der Waals surface area contributed by atoms with Crippen LogP contribution in [0.1, 0.15) is 64.9 Å². The standard InChI is InChI=1S/C35H36N8O5/c36-16-22(29-19-39-27-3-1-2-4-28(27)40-29)18-38-23-9-11-42(12-10-23)33(46)21-13-20(14-21)17-37-24-5-6-25-26(15-24)35(48)43(34(25)47)30-7-8-31(44)41-32(30)45/h1-6,15-16,18-21,23,30,36-38H,7-14,17H2,(H,41,44,45)/b22-18+,36-16?. The Kier molecular flexibility index (Phi) is 8.42. The minimum atomic E-state index is -0.994. The van der Waals surface area contributed by atoms with Gasteiger partial charge in [-0.3, -0.25) is 39.2 Å². The first-order valence-electron chi connectivity index (χ1n) is 16.4. The average Bonchev–Trinajstić information content (AvgIpc) is 3.32. The number of likely N-dealkylation sites (tertiary alicyclic amines) is 1. The summed E-state index contributed by atoms with van der Waals surface area (Å²) in [5.41, 5.74) is 4.04. The molecule has 7 rings (SSSR count). The van der Waals surface area contributed by atoms with Crippen molar-refractivity contribution in [2.75, 3.05) is 25.0 Å². The van der Waals surface area contributed by atoms with Gasteiger partial charge in [-0.2, -0.15) is 0 Å². The van der Waals surface area contributed by atoms with Crippen LogP contribution in [0, 0.1) is 17.2 Å². The lowest BCUT2D eigenvalue weighted by Gasteiger charge is -2.40. The number of carbonyl (C=O) groups is 5. The first-order valence-corrected chi connectivity index (χ1v) is 16.4. The van der Waals surface area contributed by atoms with Crippen LogP contribution in [0.25, 0.3) is 16.6 Å². The second-order valence-electron chi connectivity index (χ2n) is 12.9. The molecule has 13 nitrogen and oxygen atoms in total. The molecule has 3 aliphatic heterocycles. The van der Waals surface area contributed by atoms with Gasteiger partial charge in [-0.05, 0) is 68.4 Å². The Labute approximate surface area is 276 Å². The van der Waals surface area contributed by atoms with Crippen molar-refractivity contribution in [1.82, 2.24) is 30.4 Å². The number of allylic oxidation sites excluding steroid dienone is 1. The summed E-state index contributed by atoms with van der Waals surface area (Å²) < 4.78 is 0. The lowest BCUT2D eigenvalue weighted by atomic mass is 9.74. The fourth-order valence-electron chi connectivity index (χ4n) is 6.97. The van der Waals surface area contributed by atoms with Crippen LogP contribution < -0.4 is 16.0 Å². The van der Waals surface area contributed by atoms with Crippen LogP contribution in [-0.2, 0) is 14.4 Å².